The summed E-state index contributed by atoms with van der Waals surface area (Å²) >= 11 is 5.65. The normalized spacial score (nSPS) is 12.8. The minimum atomic E-state index is -0.918. The lowest BCUT2D eigenvalue weighted by Crippen LogP contribution is -2.02. The molecule has 0 saturated heterocycles. The summed E-state index contributed by atoms with van der Waals surface area (Å²) in [5.41, 5.74) is 5.24. The van der Waals surface area contributed by atoms with E-state index in [-0.39, 0.29) is 23.5 Å². The van der Waals surface area contributed by atoms with Crippen LogP contribution in [-0.2, 0) is 4.79 Å². The molecule has 0 radical (unpaired) electrons. The average Bonchev–Trinajstić information content (AvgIpc) is 2.28. The third-order valence-corrected chi connectivity index (χ3v) is 1.83. The van der Waals surface area contributed by atoms with Crippen LogP contribution in [0.15, 0.2) is 4.42 Å². The molecule has 1 heterocycles. The van der Waals surface area contributed by atoms with E-state index in [0.717, 1.165) is 0 Å². The van der Waals surface area contributed by atoms with Crippen LogP contribution in [0.25, 0.3) is 0 Å². The number of nitrogens with two attached hydrogens (primary N) is 1. The number of oxazole rings is 1. The minimum absolute atomic E-state index is 0.0442. The summed E-state index contributed by atoms with van der Waals surface area (Å²) < 4.78 is 4.95. The Morgan fingerprint density at radius 3 is 2.85 bits per heavy atom. The molecule has 0 spiro atoms. The van der Waals surface area contributed by atoms with Gasteiger partial charge in [0.2, 0.25) is 0 Å². The van der Waals surface area contributed by atoms with Crippen molar-refractivity contribution in [1.82, 2.24) is 4.98 Å². The van der Waals surface area contributed by atoms with Gasteiger partial charge in [-0.1, -0.05) is 18.5 Å². The summed E-state index contributed by atoms with van der Waals surface area (Å²) in [7, 11) is 0. The van der Waals surface area contributed by atoms with Gasteiger partial charge in [0.25, 0.3) is 6.01 Å². The van der Waals surface area contributed by atoms with Crippen molar-refractivity contribution in [2.45, 2.75) is 19.3 Å². The summed E-state index contributed by atoms with van der Waals surface area (Å²) in [6.45, 7) is 1.68. The van der Waals surface area contributed by atoms with Crippen LogP contribution in [0.3, 0.4) is 0 Å². The number of rotatable bonds is 3. The van der Waals surface area contributed by atoms with Crippen molar-refractivity contribution in [2.24, 2.45) is 0 Å². The van der Waals surface area contributed by atoms with Gasteiger partial charge in [-0.3, -0.25) is 4.79 Å². The van der Waals surface area contributed by atoms with Gasteiger partial charge in [0.1, 0.15) is 5.76 Å². The van der Waals surface area contributed by atoms with Crippen LogP contribution in [0.5, 0.6) is 0 Å². The van der Waals surface area contributed by atoms with Crippen LogP contribution in [-0.4, -0.2) is 16.1 Å². The Morgan fingerprint density at radius 1 is 1.85 bits per heavy atom. The number of nitrogens with zero attached hydrogens (tertiary/aromatic N) is 1. The van der Waals surface area contributed by atoms with Gasteiger partial charge >= 0.3 is 5.97 Å². The van der Waals surface area contributed by atoms with Crippen molar-refractivity contribution < 1.29 is 14.3 Å². The van der Waals surface area contributed by atoms with E-state index >= 15 is 0 Å². The highest BCUT2D eigenvalue weighted by atomic mass is 35.5. The molecule has 0 saturated carbocycles. The lowest BCUT2D eigenvalue weighted by molar-refractivity contribution is -0.137. The first-order valence-electron chi connectivity index (χ1n) is 3.64. The maximum atomic E-state index is 10.4. The Hall–Kier alpha value is -1.23. The van der Waals surface area contributed by atoms with Gasteiger partial charge in [-0.05, 0) is 0 Å². The van der Waals surface area contributed by atoms with Crippen molar-refractivity contribution in [1.29, 1.82) is 0 Å². The van der Waals surface area contributed by atoms with E-state index in [1.807, 2.05) is 0 Å². The van der Waals surface area contributed by atoms with E-state index < -0.39 is 5.97 Å². The van der Waals surface area contributed by atoms with E-state index in [4.69, 9.17) is 26.9 Å². The van der Waals surface area contributed by atoms with Crippen LogP contribution in [0.2, 0.25) is 5.15 Å². The number of carbonyl (C=O) groups is 1. The second kappa shape index (κ2) is 3.66. The van der Waals surface area contributed by atoms with Gasteiger partial charge in [-0.25, -0.2) is 0 Å². The predicted octanol–water partition coefficient (Wildman–Crippen LogP) is 1.49. The van der Waals surface area contributed by atoms with E-state index in [9.17, 15) is 4.79 Å². The van der Waals surface area contributed by atoms with Crippen molar-refractivity contribution in [3.8, 4) is 0 Å². The number of carboxylic acids is 1. The highest BCUT2D eigenvalue weighted by molar-refractivity contribution is 6.30. The van der Waals surface area contributed by atoms with Crippen LogP contribution < -0.4 is 5.73 Å². The number of hydrogen-bond donors (Lipinski definition) is 2. The smallest absolute Gasteiger partial charge is 0.304 e. The van der Waals surface area contributed by atoms with Gasteiger partial charge in [-0.15, -0.1) is 0 Å². The third-order valence-electron chi connectivity index (χ3n) is 1.55. The van der Waals surface area contributed by atoms with Crippen molar-refractivity contribution in [3.63, 3.8) is 0 Å². The molecule has 0 aliphatic rings. The summed E-state index contributed by atoms with van der Waals surface area (Å²) in [6, 6.07) is -0.0442. The number of hydrogen-bond acceptors (Lipinski definition) is 4. The predicted molar refractivity (Wildman–Crippen MR) is 46.6 cm³/mol. The van der Waals surface area contributed by atoms with Crippen LogP contribution >= 0.6 is 11.6 Å². The van der Waals surface area contributed by atoms with Gasteiger partial charge in [-0.2, -0.15) is 4.98 Å². The first-order valence-corrected chi connectivity index (χ1v) is 4.02. The Balaban J connectivity index is 2.81. The molecule has 5 nitrogen and oxygen atoms in total. The van der Waals surface area contributed by atoms with Gasteiger partial charge < -0.3 is 15.3 Å². The molecule has 72 valence electrons. The number of aliphatic carboxylic acids is 1. The number of anilines is 1. The molecule has 1 rings (SSSR count). The molecule has 1 aromatic rings. The van der Waals surface area contributed by atoms with Gasteiger partial charge in [0.05, 0.1) is 6.42 Å². The summed E-state index contributed by atoms with van der Waals surface area (Å²) in [4.78, 5) is 14.0. The number of halogens is 1. The highest BCUT2D eigenvalue weighted by Crippen LogP contribution is 2.28. The molecule has 1 unspecified atom stereocenters. The molecule has 3 N–H and O–H groups in total. The van der Waals surface area contributed by atoms with Gasteiger partial charge in [0.15, 0.2) is 5.15 Å². The standard InChI is InChI=1S/C7H9ClN2O3/c1-3(2-4(11)12)5-6(8)10-7(9)13-5/h3H,2H2,1H3,(H2,9,10)(H,11,12). The molecule has 0 amide bonds. The second-order valence-corrected chi connectivity index (χ2v) is 3.06. The first-order chi connectivity index (χ1) is 6.00. The summed E-state index contributed by atoms with van der Waals surface area (Å²) in [5, 5.41) is 8.64. The molecule has 0 aliphatic heterocycles. The van der Waals surface area contributed by atoms with Crippen molar-refractivity contribution >= 4 is 23.6 Å². The fourth-order valence-electron chi connectivity index (χ4n) is 0.988. The van der Waals surface area contributed by atoms with Crippen molar-refractivity contribution in [2.75, 3.05) is 5.73 Å². The highest BCUT2D eigenvalue weighted by Gasteiger charge is 2.19. The topological polar surface area (TPSA) is 89.3 Å². The third kappa shape index (κ3) is 2.35. The molecule has 1 atom stereocenters. The quantitative estimate of drug-likeness (QED) is 0.779. The minimum Gasteiger partial charge on any atom is -0.481 e. The van der Waals surface area contributed by atoms with Crippen LogP contribution in [0.1, 0.15) is 25.0 Å². The number of carboxylic acid groups (broad SMARTS) is 1. The first kappa shape index (κ1) is 9.85. The van der Waals surface area contributed by atoms with E-state index in [0.29, 0.717) is 5.76 Å². The second-order valence-electron chi connectivity index (χ2n) is 2.71. The number of nitrogen functional groups attached to an aromatic ring is 1. The van der Waals surface area contributed by atoms with E-state index in [1.54, 1.807) is 6.92 Å². The van der Waals surface area contributed by atoms with Gasteiger partial charge in [0, 0.05) is 5.92 Å². The molecule has 13 heavy (non-hydrogen) atoms. The van der Waals surface area contributed by atoms with E-state index in [2.05, 4.69) is 4.98 Å². The Bertz CT molecular complexity index is 324. The molecular weight excluding hydrogens is 196 g/mol. The fourth-order valence-corrected chi connectivity index (χ4v) is 1.30. The maximum absolute atomic E-state index is 10.4. The zero-order chi connectivity index (χ0) is 10.0. The largest absolute Gasteiger partial charge is 0.481 e. The molecule has 0 aromatic carbocycles. The van der Waals surface area contributed by atoms with Crippen LogP contribution in [0, 0.1) is 0 Å². The van der Waals surface area contributed by atoms with Crippen LogP contribution in [0.4, 0.5) is 6.01 Å². The van der Waals surface area contributed by atoms with Crippen molar-refractivity contribution in [3.05, 3.63) is 10.9 Å². The molecule has 0 bridgehead atoms. The molecule has 0 fully saturated rings. The Kier molecular flexibility index (Phi) is 2.77. The Morgan fingerprint density at radius 2 is 2.46 bits per heavy atom. The Labute approximate surface area is 79.5 Å². The lowest BCUT2D eigenvalue weighted by Gasteiger charge is -2.03. The SMILES string of the molecule is CC(CC(=O)O)c1oc(N)nc1Cl. The van der Waals surface area contributed by atoms with E-state index in [1.165, 1.54) is 0 Å². The average molecular weight is 205 g/mol. The molecular formula is C7H9ClN2O3. The maximum Gasteiger partial charge on any atom is 0.304 e. The summed E-state index contributed by atoms with van der Waals surface area (Å²) in [6.07, 6.45) is -0.0612. The lowest BCUT2D eigenvalue weighted by atomic mass is 10.1. The fraction of sp³-hybridized carbons (Fsp3) is 0.429. The molecule has 6 heteroatoms. The molecule has 0 aliphatic carbocycles. The monoisotopic (exact) mass is 204 g/mol. The molecule has 1 aromatic heterocycles. The summed E-state index contributed by atoms with van der Waals surface area (Å²) in [5.74, 6) is -0.921. The zero-order valence-electron chi connectivity index (χ0n) is 6.95. The number of aromatic nitrogens is 1. The zero-order valence-corrected chi connectivity index (χ0v) is 7.71.